The second kappa shape index (κ2) is 17.9. The van der Waals surface area contributed by atoms with E-state index in [0.717, 1.165) is 19.6 Å². The summed E-state index contributed by atoms with van der Waals surface area (Å²) in [5.41, 5.74) is 0. The molecule has 0 aromatic rings. The SMILES string of the molecule is C/C=C/CCCCC(CCCCCCCCC)C1=NCCN1CCO.Cl. The Balaban J connectivity index is 0.00000625. The third kappa shape index (κ3) is 11.2. The van der Waals surface area contributed by atoms with E-state index in [9.17, 15) is 5.11 Å². The van der Waals surface area contributed by atoms with E-state index in [-0.39, 0.29) is 19.0 Å². The minimum absolute atomic E-state index is 0. The summed E-state index contributed by atoms with van der Waals surface area (Å²) in [7, 11) is 0. The molecule has 3 nitrogen and oxygen atoms in total. The fraction of sp³-hybridized carbons (Fsp3) is 0.864. The molecule has 0 saturated carbocycles. The van der Waals surface area contributed by atoms with Gasteiger partial charge in [0.05, 0.1) is 13.2 Å². The number of allylic oxidation sites excluding steroid dienone is 2. The van der Waals surface area contributed by atoms with Crippen molar-refractivity contribution in [3.05, 3.63) is 12.2 Å². The minimum atomic E-state index is 0. The van der Waals surface area contributed by atoms with Gasteiger partial charge in [-0.25, -0.2) is 0 Å². The molecule has 1 N–H and O–H groups in total. The first-order valence-corrected chi connectivity index (χ1v) is 10.8. The highest BCUT2D eigenvalue weighted by atomic mass is 35.5. The molecule has 0 fully saturated rings. The quantitative estimate of drug-likeness (QED) is 0.260. The number of hydrogen-bond acceptors (Lipinski definition) is 3. The summed E-state index contributed by atoms with van der Waals surface area (Å²) in [6.07, 6.45) is 20.3. The molecule has 1 aliphatic rings. The van der Waals surface area contributed by atoms with Crippen LogP contribution in [0.5, 0.6) is 0 Å². The first-order valence-electron chi connectivity index (χ1n) is 10.8. The summed E-state index contributed by atoms with van der Waals surface area (Å²) in [6.45, 7) is 7.30. The highest BCUT2D eigenvalue weighted by Gasteiger charge is 2.24. The van der Waals surface area contributed by atoms with Crippen molar-refractivity contribution in [2.24, 2.45) is 10.9 Å². The number of β-amino-alcohol motifs (C(OH)–C–C–N with tert-alkyl or cyclic N) is 1. The van der Waals surface area contributed by atoms with Crippen molar-refractivity contribution in [2.45, 2.75) is 90.9 Å². The Morgan fingerprint density at radius 3 is 2.35 bits per heavy atom. The molecule has 0 aliphatic carbocycles. The van der Waals surface area contributed by atoms with Crippen LogP contribution < -0.4 is 0 Å². The first kappa shape index (κ1) is 25.5. The van der Waals surface area contributed by atoms with Crippen LogP contribution in [0.2, 0.25) is 0 Å². The van der Waals surface area contributed by atoms with Crippen LogP contribution >= 0.6 is 12.4 Å². The molecule has 1 aliphatic heterocycles. The summed E-state index contributed by atoms with van der Waals surface area (Å²) < 4.78 is 0. The van der Waals surface area contributed by atoms with Gasteiger partial charge in [-0.2, -0.15) is 0 Å². The van der Waals surface area contributed by atoms with Crippen LogP contribution in [0.3, 0.4) is 0 Å². The molecule has 1 atom stereocenters. The zero-order chi connectivity index (χ0) is 18.2. The molecule has 4 heteroatoms. The first-order chi connectivity index (χ1) is 12.3. The molecule has 1 unspecified atom stereocenters. The molecule has 0 saturated heterocycles. The van der Waals surface area contributed by atoms with E-state index in [4.69, 9.17) is 4.99 Å². The van der Waals surface area contributed by atoms with Crippen molar-refractivity contribution in [2.75, 3.05) is 26.2 Å². The van der Waals surface area contributed by atoms with Gasteiger partial charge in [0.2, 0.25) is 0 Å². The molecule has 1 rings (SSSR count). The largest absolute Gasteiger partial charge is 0.395 e. The average molecular weight is 387 g/mol. The molecular weight excluding hydrogens is 344 g/mol. The minimum Gasteiger partial charge on any atom is -0.395 e. The maximum absolute atomic E-state index is 9.31. The second-order valence-electron chi connectivity index (χ2n) is 7.41. The van der Waals surface area contributed by atoms with Crippen molar-refractivity contribution in [1.82, 2.24) is 4.90 Å². The van der Waals surface area contributed by atoms with E-state index in [0.29, 0.717) is 5.92 Å². The summed E-state index contributed by atoms with van der Waals surface area (Å²) in [5, 5.41) is 9.31. The molecule has 0 bridgehead atoms. The van der Waals surface area contributed by atoms with Crippen molar-refractivity contribution >= 4 is 18.2 Å². The van der Waals surface area contributed by atoms with Crippen molar-refractivity contribution in [1.29, 1.82) is 0 Å². The van der Waals surface area contributed by atoms with Gasteiger partial charge in [0.1, 0.15) is 5.84 Å². The van der Waals surface area contributed by atoms with Crippen molar-refractivity contribution < 1.29 is 5.11 Å². The van der Waals surface area contributed by atoms with E-state index in [2.05, 4.69) is 30.9 Å². The number of aliphatic hydroxyl groups excluding tert-OH is 1. The summed E-state index contributed by atoms with van der Waals surface area (Å²) >= 11 is 0. The van der Waals surface area contributed by atoms with Crippen LogP contribution in [-0.2, 0) is 0 Å². The lowest BCUT2D eigenvalue weighted by Gasteiger charge is -2.26. The molecule has 26 heavy (non-hydrogen) atoms. The lowest BCUT2D eigenvalue weighted by atomic mass is 9.92. The lowest BCUT2D eigenvalue weighted by molar-refractivity contribution is 0.251. The third-order valence-corrected chi connectivity index (χ3v) is 5.27. The Kier molecular flexibility index (Phi) is 17.5. The van der Waals surface area contributed by atoms with Crippen LogP contribution in [0.4, 0.5) is 0 Å². The fourth-order valence-electron chi connectivity index (χ4n) is 3.80. The van der Waals surface area contributed by atoms with E-state index in [1.165, 1.54) is 82.9 Å². The number of hydrogen-bond donors (Lipinski definition) is 1. The Morgan fingerprint density at radius 2 is 1.69 bits per heavy atom. The predicted octanol–water partition coefficient (Wildman–Crippen LogP) is 6.01. The maximum Gasteiger partial charge on any atom is 0.102 e. The number of amidine groups is 1. The molecule has 1 heterocycles. The monoisotopic (exact) mass is 386 g/mol. The predicted molar refractivity (Wildman–Crippen MR) is 118 cm³/mol. The van der Waals surface area contributed by atoms with E-state index in [1.807, 2.05) is 0 Å². The number of nitrogens with zero attached hydrogens (tertiary/aromatic N) is 2. The van der Waals surface area contributed by atoms with Crippen LogP contribution in [0, 0.1) is 5.92 Å². The van der Waals surface area contributed by atoms with Crippen molar-refractivity contribution in [3.8, 4) is 0 Å². The average Bonchev–Trinajstić information content (AvgIpc) is 3.07. The normalized spacial score (nSPS) is 15.3. The van der Waals surface area contributed by atoms with Crippen LogP contribution in [0.15, 0.2) is 17.1 Å². The molecule has 0 amide bonds. The highest BCUT2D eigenvalue weighted by Crippen LogP contribution is 2.24. The Hall–Kier alpha value is -0.540. The van der Waals surface area contributed by atoms with Crippen LogP contribution in [-0.4, -0.2) is 42.1 Å². The number of aliphatic hydroxyl groups is 1. The van der Waals surface area contributed by atoms with Crippen LogP contribution in [0.1, 0.15) is 90.9 Å². The number of unbranched alkanes of at least 4 members (excludes halogenated alkanes) is 8. The summed E-state index contributed by atoms with van der Waals surface area (Å²) in [6, 6.07) is 0. The van der Waals surface area contributed by atoms with Gasteiger partial charge in [-0.3, -0.25) is 4.99 Å². The van der Waals surface area contributed by atoms with E-state index < -0.39 is 0 Å². The van der Waals surface area contributed by atoms with E-state index >= 15 is 0 Å². The number of rotatable bonds is 16. The van der Waals surface area contributed by atoms with Gasteiger partial charge >= 0.3 is 0 Å². The summed E-state index contributed by atoms with van der Waals surface area (Å²) in [4.78, 5) is 7.14. The summed E-state index contributed by atoms with van der Waals surface area (Å²) in [5.74, 6) is 1.90. The Morgan fingerprint density at radius 1 is 1.04 bits per heavy atom. The standard InChI is InChI=1S/C22H42N2O.ClH/c1-3-5-7-9-10-12-14-16-21(15-13-11-8-6-4-2)22-23-17-18-24(22)19-20-25;/h4,6,21,25H,3,5,7-20H2,1-2H3;1H/b6-4+;. The second-order valence-corrected chi connectivity index (χ2v) is 7.41. The zero-order valence-corrected chi connectivity index (χ0v) is 18.1. The molecule has 0 aromatic heterocycles. The maximum atomic E-state index is 9.31. The van der Waals surface area contributed by atoms with Crippen molar-refractivity contribution in [3.63, 3.8) is 0 Å². The lowest BCUT2D eigenvalue weighted by Crippen LogP contribution is -2.35. The van der Waals surface area contributed by atoms with E-state index in [1.54, 1.807) is 0 Å². The van der Waals surface area contributed by atoms with Gasteiger partial charge in [0.15, 0.2) is 0 Å². The van der Waals surface area contributed by atoms with Gasteiger partial charge in [-0.05, 0) is 32.6 Å². The topological polar surface area (TPSA) is 35.8 Å². The number of aliphatic imine (C=N–C) groups is 1. The molecule has 0 spiro atoms. The smallest absolute Gasteiger partial charge is 0.102 e. The van der Waals surface area contributed by atoms with Gasteiger partial charge < -0.3 is 10.0 Å². The number of halogens is 1. The third-order valence-electron chi connectivity index (χ3n) is 5.27. The molecule has 154 valence electrons. The Bertz CT molecular complexity index is 371. The van der Waals surface area contributed by atoms with Gasteiger partial charge in [0.25, 0.3) is 0 Å². The zero-order valence-electron chi connectivity index (χ0n) is 17.3. The molecular formula is C22H43ClN2O. The van der Waals surface area contributed by atoms with Gasteiger partial charge in [-0.1, -0.05) is 70.4 Å². The highest BCUT2D eigenvalue weighted by molar-refractivity contribution is 5.86. The van der Waals surface area contributed by atoms with Gasteiger partial charge in [-0.15, -0.1) is 12.4 Å². The van der Waals surface area contributed by atoms with Crippen LogP contribution in [0.25, 0.3) is 0 Å². The fourth-order valence-corrected chi connectivity index (χ4v) is 3.80. The van der Waals surface area contributed by atoms with Gasteiger partial charge in [0, 0.05) is 19.0 Å². The molecule has 0 radical (unpaired) electrons. The molecule has 0 aromatic carbocycles. The Labute approximate surface area is 168 Å².